The van der Waals surface area contributed by atoms with Gasteiger partial charge in [-0.15, -0.1) is 0 Å². The number of rotatable bonds is 5. The Labute approximate surface area is 116 Å². The third-order valence-corrected chi connectivity index (χ3v) is 2.97. The third-order valence-electron chi connectivity index (χ3n) is 2.97. The lowest BCUT2D eigenvalue weighted by molar-refractivity contribution is -0.384. The fraction of sp³-hybridized carbons (Fsp3) is 0.214. The molecule has 0 spiro atoms. The van der Waals surface area contributed by atoms with Gasteiger partial charge in [0, 0.05) is 0 Å². The molecule has 6 heteroatoms. The Hall–Kier alpha value is -2.63. The quantitative estimate of drug-likeness (QED) is 0.644. The minimum absolute atomic E-state index is 0.0325. The minimum Gasteiger partial charge on any atom is -0.383 e. The van der Waals surface area contributed by atoms with Gasteiger partial charge in [-0.1, -0.05) is 37.3 Å². The van der Waals surface area contributed by atoms with Crippen molar-refractivity contribution in [3.8, 4) is 0 Å². The summed E-state index contributed by atoms with van der Waals surface area (Å²) in [5, 5.41) is 14.0. The zero-order valence-corrected chi connectivity index (χ0v) is 11.1. The van der Waals surface area contributed by atoms with Gasteiger partial charge in [-0.25, -0.2) is 4.98 Å². The van der Waals surface area contributed by atoms with Crippen LogP contribution in [0.2, 0.25) is 0 Å². The average Bonchev–Trinajstić information content (AvgIpc) is 2.45. The Morgan fingerprint density at radius 2 is 2.05 bits per heavy atom. The van der Waals surface area contributed by atoms with Crippen molar-refractivity contribution in [1.82, 2.24) is 4.98 Å². The summed E-state index contributed by atoms with van der Waals surface area (Å²) in [7, 11) is 0. The third kappa shape index (κ3) is 3.23. The van der Waals surface area contributed by atoms with Gasteiger partial charge in [0.15, 0.2) is 0 Å². The number of nitrogen functional groups attached to an aromatic ring is 1. The molecule has 1 unspecified atom stereocenters. The predicted octanol–water partition coefficient (Wildman–Crippen LogP) is 3.14. The van der Waals surface area contributed by atoms with E-state index < -0.39 is 4.92 Å². The predicted molar refractivity (Wildman–Crippen MR) is 78.4 cm³/mol. The molecule has 6 nitrogen and oxygen atoms in total. The Morgan fingerprint density at radius 1 is 1.35 bits per heavy atom. The Balaban J connectivity index is 2.26. The molecule has 2 rings (SSSR count). The number of hydrogen-bond acceptors (Lipinski definition) is 5. The standard InChI is InChI=1S/C14H16N4O2/c1-2-12(10-6-4-3-5-7-10)16-14-9-11(18(19)20)8-13(15)17-14/h3-9,12H,2H2,1H3,(H3,15,16,17). The number of benzene rings is 1. The molecule has 2 aromatic rings. The molecule has 104 valence electrons. The maximum Gasteiger partial charge on any atom is 0.276 e. The summed E-state index contributed by atoms with van der Waals surface area (Å²) in [5.41, 5.74) is 6.63. The number of nitrogens with two attached hydrogens (primary N) is 1. The molecular formula is C14H16N4O2. The van der Waals surface area contributed by atoms with Crippen LogP contribution < -0.4 is 11.1 Å². The van der Waals surface area contributed by atoms with Crippen molar-refractivity contribution in [3.05, 3.63) is 58.1 Å². The lowest BCUT2D eigenvalue weighted by Crippen LogP contribution is -2.11. The van der Waals surface area contributed by atoms with E-state index in [0.29, 0.717) is 5.82 Å². The van der Waals surface area contributed by atoms with Crippen molar-refractivity contribution in [2.24, 2.45) is 0 Å². The molecule has 0 saturated carbocycles. The molecule has 20 heavy (non-hydrogen) atoms. The van der Waals surface area contributed by atoms with Gasteiger partial charge in [0.05, 0.1) is 23.1 Å². The van der Waals surface area contributed by atoms with Crippen molar-refractivity contribution in [3.63, 3.8) is 0 Å². The first-order chi connectivity index (χ1) is 9.60. The van der Waals surface area contributed by atoms with Crippen LogP contribution in [-0.4, -0.2) is 9.91 Å². The monoisotopic (exact) mass is 272 g/mol. The van der Waals surface area contributed by atoms with Crippen LogP contribution >= 0.6 is 0 Å². The molecule has 1 atom stereocenters. The van der Waals surface area contributed by atoms with Gasteiger partial charge in [-0.2, -0.15) is 0 Å². The maximum absolute atomic E-state index is 10.8. The topological polar surface area (TPSA) is 94.1 Å². The van der Waals surface area contributed by atoms with Crippen LogP contribution in [0, 0.1) is 10.1 Å². The van der Waals surface area contributed by atoms with Crippen LogP contribution in [-0.2, 0) is 0 Å². The van der Waals surface area contributed by atoms with E-state index in [9.17, 15) is 10.1 Å². The number of hydrogen-bond donors (Lipinski definition) is 2. The molecule has 0 aliphatic rings. The maximum atomic E-state index is 10.8. The summed E-state index contributed by atoms with van der Waals surface area (Å²) in [6.07, 6.45) is 0.828. The number of nitro groups is 1. The highest BCUT2D eigenvalue weighted by Crippen LogP contribution is 2.25. The molecule has 0 radical (unpaired) electrons. The second kappa shape index (κ2) is 6.01. The van der Waals surface area contributed by atoms with Crippen LogP contribution in [0.4, 0.5) is 17.3 Å². The molecule has 3 N–H and O–H groups in total. The fourth-order valence-corrected chi connectivity index (χ4v) is 2.00. The van der Waals surface area contributed by atoms with Crippen molar-refractivity contribution in [2.75, 3.05) is 11.1 Å². The first-order valence-corrected chi connectivity index (χ1v) is 6.33. The van der Waals surface area contributed by atoms with Gasteiger partial charge in [0.2, 0.25) is 0 Å². The molecule has 1 heterocycles. The molecule has 1 aromatic carbocycles. The second-order valence-corrected chi connectivity index (χ2v) is 4.41. The largest absolute Gasteiger partial charge is 0.383 e. The first kappa shape index (κ1) is 13.8. The van der Waals surface area contributed by atoms with Crippen LogP contribution in [0.5, 0.6) is 0 Å². The lowest BCUT2D eigenvalue weighted by Gasteiger charge is -2.18. The van der Waals surface area contributed by atoms with E-state index in [0.717, 1.165) is 12.0 Å². The van der Waals surface area contributed by atoms with Gasteiger partial charge < -0.3 is 11.1 Å². The summed E-state index contributed by atoms with van der Waals surface area (Å²) in [6.45, 7) is 2.03. The van der Waals surface area contributed by atoms with E-state index in [-0.39, 0.29) is 17.5 Å². The highest BCUT2D eigenvalue weighted by Gasteiger charge is 2.13. The number of nitrogens with zero attached hydrogens (tertiary/aromatic N) is 2. The normalized spacial score (nSPS) is 11.8. The first-order valence-electron chi connectivity index (χ1n) is 6.33. The van der Waals surface area contributed by atoms with Crippen LogP contribution in [0.15, 0.2) is 42.5 Å². The van der Waals surface area contributed by atoms with Crippen molar-refractivity contribution < 1.29 is 4.92 Å². The van der Waals surface area contributed by atoms with Gasteiger partial charge in [0.25, 0.3) is 5.69 Å². The summed E-state index contributed by atoms with van der Waals surface area (Å²) >= 11 is 0. The highest BCUT2D eigenvalue weighted by atomic mass is 16.6. The summed E-state index contributed by atoms with van der Waals surface area (Å²) in [4.78, 5) is 14.4. The average molecular weight is 272 g/mol. The van der Waals surface area contributed by atoms with Gasteiger partial charge in [0.1, 0.15) is 11.6 Å². The van der Waals surface area contributed by atoms with E-state index in [1.165, 1.54) is 12.1 Å². The van der Waals surface area contributed by atoms with E-state index >= 15 is 0 Å². The zero-order chi connectivity index (χ0) is 14.5. The molecule has 1 aromatic heterocycles. The summed E-state index contributed by atoms with van der Waals surface area (Å²) in [5.74, 6) is 0.539. The van der Waals surface area contributed by atoms with E-state index in [4.69, 9.17) is 5.73 Å². The Bertz CT molecular complexity index is 601. The molecular weight excluding hydrogens is 256 g/mol. The minimum atomic E-state index is -0.479. The number of pyridine rings is 1. The van der Waals surface area contributed by atoms with E-state index in [1.54, 1.807) is 0 Å². The van der Waals surface area contributed by atoms with Crippen molar-refractivity contribution in [1.29, 1.82) is 0 Å². The number of nitrogens with one attached hydrogen (secondary N) is 1. The highest BCUT2D eigenvalue weighted by molar-refractivity contribution is 5.53. The number of anilines is 2. The Kier molecular flexibility index (Phi) is 4.14. The Morgan fingerprint density at radius 3 is 2.65 bits per heavy atom. The molecule has 0 bridgehead atoms. The molecule has 0 saturated heterocycles. The van der Waals surface area contributed by atoms with Gasteiger partial charge in [-0.3, -0.25) is 10.1 Å². The molecule has 0 amide bonds. The zero-order valence-electron chi connectivity index (χ0n) is 11.1. The van der Waals surface area contributed by atoms with Crippen LogP contribution in [0.1, 0.15) is 24.9 Å². The van der Waals surface area contributed by atoms with Gasteiger partial charge >= 0.3 is 0 Å². The summed E-state index contributed by atoms with van der Waals surface area (Å²) in [6, 6.07) is 12.5. The SMILES string of the molecule is CCC(Nc1cc([N+](=O)[O-])cc(N)n1)c1ccccc1. The molecule has 0 aliphatic carbocycles. The van der Waals surface area contributed by atoms with E-state index in [2.05, 4.69) is 10.3 Å². The summed E-state index contributed by atoms with van der Waals surface area (Å²) < 4.78 is 0. The van der Waals surface area contributed by atoms with Crippen LogP contribution in [0.3, 0.4) is 0 Å². The second-order valence-electron chi connectivity index (χ2n) is 4.41. The van der Waals surface area contributed by atoms with Crippen LogP contribution in [0.25, 0.3) is 0 Å². The van der Waals surface area contributed by atoms with Crippen molar-refractivity contribution in [2.45, 2.75) is 19.4 Å². The van der Waals surface area contributed by atoms with Crippen molar-refractivity contribution >= 4 is 17.3 Å². The van der Waals surface area contributed by atoms with Gasteiger partial charge in [-0.05, 0) is 12.0 Å². The smallest absolute Gasteiger partial charge is 0.276 e. The van der Waals surface area contributed by atoms with E-state index in [1.807, 2.05) is 37.3 Å². The molecule has 0 aliphatic heterocycles. The fourth-order valence-electron chi connectivity index (χ4n) is 2.00. The molecule has 0 fully saturated rings. The lowest BCUT2D eigenvalue weighted by atomic mass is 10.0. The number of aromatic nitrogens is 1.